The summed E-state index contributed by atoms with van der Waals surface area (Å²) in [6.45, 7) is 10.8. The minimum absolute atomic E-state index is 0.0664. The molecule has 1 aromatic rings. The monoisotopic (exact) mass is 309 g/mol. The smallest absolute Gasteiger partial charge is 0.171 e. The molecule has 21 heavy (non-hydrogen) atoms. The number of Topliss-reactive ketones (excluding diaryl/α,β-unsaturated/α-hetero) is 1. The summed E-state index contributed by atoms with van der Waals surface area (Å²) in [5.41, 5.74) is -1.05. The maximum absolute atomic E-state index is 12.6. The summed E-state index contributed by atoms with van der Waals surface area (Å²) in [4.78, 5) is 16.2. The van der Waals surface area contributed by atoms with Gasteiger partial charge in [-0.15, -0.1) is 11.3 Å². The second-order valence-corrected chi connectivity index (χ2v) is 8.24. The maximum Gasteiger partial charge on any atom is 0.171 e. The Balaban J connectivity index is 2.01. The number of rotatable bonds is 5. The summed E-state index contributed by atoms with van der Waals surface area (Å²) in [7, 11) is 2.10. The van der Waals surface area contributed by atoms with Crippen LogP contribution in [-0.2, 0) is 16.0 Å². The first-order valence-electron chi connectivity index (χ1n) is 7.60. The Morgan fingerprint density at radius 1 is 1.38 bits per heavy atom. The van der Waals surface area contributed by atoms with Gasteiger partial charge in [-0.2, -0.15) is 0 Å². The van der Waals surface area contributed by atoms with E-state index in [0.29, 0.717) is 6.04 Å². The van der Waals surface area contributed by atoms with Crippen molar-refractivity contribution in [3.63, 3.8) is 0 Å². The number of nitrogens with zero attached hydrogens (tertiary/aromatic N) is 1. The molecule has 1 saturated heterocycles. The van der Waals surface area contributed by atoms with Crippen molar-refractivity contribution in [3.05, 3.63) is 22.4 Å². The van der Waals surface area contributed by atoms with Crippen molar-refractivity contribution in [1.82, 2.24) is 4.90 Å². The number of ketones is 1. The van der Waals surface area contributed by atoms with Crippen LogP contribution in [-0.4, -0.2) is 41.5 Å². The van der Waals surface area contributed by atoms with Crippen LogP contribution < -0.4 is 0 Å². The Hall–Kier alpha value is -0.710. The molecule has 2 unspecified atom stereocenters. The van der Waals surface area contributed by atoms with Crippen molar-refractivity contribution in [2.45, 2.75) is 58.3 Å². The molecule has 0 aliphatic carbocycles. The van der Waals surface area contributed by atoms with Crippen LogP contribution in [0.3, 0.4) is 0 Å². The lowest BCUT2D eigenvalue weighted by Gasteiger charge is -2.31. The Morgan fingerprint density at radius 2 is 2.05 bits per heavy atom. The maximum atomic E-state index is 12.6. The van der Waals surface area contributed by atoms with E-state index in [0.717, 1.165) is 13.0 Å². The van der Waals surface area contributed by atoms with Crippen LogP contribution in [0.4, 0.5) is 0 Å². The first-order valence-corrected chi connectivity index (χ1v) is 8.48. The van der Waals surface area contributed by atoms with Gasteiger partial charge in [0.25, 0.3) is 0 Å². The zero-order chi connectivity index (χ0) is 15.8. The molecule has 0 radical (unpaired) electrons. The van der Waals surface area contributed by atoms with Gasteiger partial charge in [-0.25, -0.2) is 0 Å². The molecular formula is C17H27NO2S. The van der Waals surface area contributed by atoms with Crippen LogP contribution in [0.1, 0.15) is 39.5 Å². The summed E-state index contributed by atoms with van der Waals surface area (Å²) >= 11 is 1.79. The third-order valence-corrected chi connectivity index (χ3v) is 5.47. The van der Waals surface area contributed by atoms with Gasteiger partial charge in [-0.05, 0) is 59.5 Å². The molecule has 0 spiro atoms. The summed E-state index contributed by atoms with van der Waals surface area (Å²) in [6.07, 6.45) is 1.03. The highest BCUT2D eigenvalue weighted by atomic mass is 32.1. The average molecular weight is 309 g/mol. The Labute approximate surface area is 132 Å². The van der Waals surface area contributed by atoms with Crippen LogP contribution >= 0.6 is 11.3 Å². The van der Waals surface area contributed by atoms with Crippen LogP contribution in [0, 0.1) is 5.92 Å². The van der Waals surface area contributed by atoms with E-state index in [4.69, 9.17) is 4.74 Å². The third kappa shape index (κ3) is 3.55. The molecule has 0 N–H and O–H groups in total. The molecule has 2 rings (SSSR count). The molecule has 1 aromatic heterocycles. The molecule has 0 aromatic carbocycles. The largest absolute Gasteiger partial charge is 0.361 e. The Bertz CT molecular complexity index is 493. The minimum atomic E-state index is -0.661. The lowest BCUT2D eigenvalue weighted by molar-refractivity contribution is -0.132. The number of likely N-dealkylation sites (N-methyl/N-ethyl adjacent to an activating group) is 1. The molecule has 0 amide bonds. The van der Waals surface area contributed by atoms with Gasteiger partial charge in [0.15, 0.2) is 5.78 Å². The highest BCUT2D eigenvalue weighted by molar-refractivity contribution is 7.09. The molecule has 2 atom stereocenters. The molecule has 1 fully saturated rings. The van der Waals surface area contributed by atoms with Crippen molar-refractivity contribution in [3.8, 4) is 0 Å². The van der Waals surface area contributed by atoms with Gasteiger partial charge in [0.1, 0.15) is 5.60 Å². The lowest BCUT2D eigenvalue weighted by Crippen LogP contribution is -2.43. The van der Waals surface area contributed by atoms with Gasteiger partial charge >= 0.3 is 0 Å². The van der Waals surface area contributed by atoms with E-state index in [1.54, 1.807) is 11.3 Å². The van der Waals surface area contributed by atoms with Crippen LogP contribution in [0.2, 0.25) is 0 Å². The molecule has 0 bridgehead atoms. The number of hydrogen-bond donors (Lipinski definition) is 0. The number of carbonyl (C=O) groups excluding carboxylic acids is 1. The lowest BCUT2D eigenvalue weighted by atomic mass is 9.85. The quantitative estimate of drug-likeness (QED) is 0.835. The van der Waals surface area contributed by atoms with Crippen molar-refractivity contribution in [2.75, 3.05) is 13.6 Å². The topological polar surface area (TPSA) is 29.5 Å². The van der Waals surface area contributed by atoms with Crippen LogP contribution in [0.25, 0.3) is 0 Å². The molecular weight excluding hydrogens is 282 g/mol. The molecule has 4 heteroatoms. The predicted molar refractivity (Wildman–Crippen MR) is 87.9 cm³/mol. The van der Waals surface area contributed by atoms with Crippen molar-refractivity contribution in [1.29, 1.82) is 0 Å². The van der Waals surface area contributed by atoms with Crippen LogP contribution in [0.15, 0.2) is 17.5 Å². The van der Waals surface area contributed by atoms with Gasteiger partial charge in [0.2, 0.25) is 0 Å². The van der Waals surface area contributed by atoms with Crippen molar-refractivity contribution < 1.29 is 9.53 Å². The van der Waals surface area contributed by atoms with Gasteiger partial charge in [-0.3, -0.25) is 4.79 Å². The second kappa shape index (κ2) is 5.82. The van der Waals surface area contributed by atoms with E-state index in [1.807, 2.05) is 27.7 Å². The van der Waals surface area contributed by atoms with E-state index >= 15 is 0 Å². The average Bonchev–Trinajstić information content (AvgIpc) is 2.90. The first kappa shape index (κ1) is 16.7. The van der Waals surface area contributed by atoms with E-state index in [2.05, 4.69) is 36.4 Å². The highest BCUT2D eigenvalue weighted by Gasteiger charge is 2.53. The molecule has 2 heterocycles. The zero-order valence-electron chi connectivity index (χ0n) is 14.0. The number of thiophene rings is 1. The standard InChI is InChI=1S/C17H27NO2S/c1-12(10-13-8-7-9-21-13)18(6)11-14-15(19)17(4,5)20-16(14,2)3/h7-9,12,14H,10-11H2,1-6H3. The van der Waals surface area contributed by atoms with E-state index in [1.165, 1.54) is 4.88 Å². The summed E-state index contributed by atoms with van der Waals surface area (Å²) < 4.78 is 5.97. The molecule has 1 aliphatic rings. The van der Waals surface area contributed by atoms with Crippen LogP contribution in [0.5, 0.6) is 0 Å². The van der Waals surface area contributed by atoms with Gasteiger partial charge in [-0.1, -0.05) is 6.07 Å². The number of carbonyl (C=O) groups is 1. The van der Waals surface area contributed by atoms with Gasteiger partial charge in [0.05, 0.1) is 11.5 Å². The Morgan fingerprint density at radius 3 is 2.52 bits per heavy atom. The van der Waals surface area contributed by atoms with E-state index in [-0.39, 0.29) is 11.7 Å². The molecule has 118 valence electrons. The molecule has 0 saturated carbocycles. The number of ether oxygens (including phenoxy) is 1. The highest BCUT2D eigenvalue weighted by Crippen LogP contribution is 2.39. The molecule has 3 nitrogen and oxygen atoms in total. The van der Waals surface area contributed by atoms with E-state index in [9.17, 15) is 4.79 Å². The second-order valence-electron chi connectivity index (χ2n) is 7.20. The zero-order valence-corrected chi connectivity index (χ0v) is 14.8. The predicted octanol–water partition coefficient (Wildman–Crippen LogP) is 3.38. The third-order valence-electron chi connectivity index (χ3n) is 4.57. The van der Waals surface area contributed by atoms with Gasteiger partial charge < -0.3 is 9.64 Å². The normalized spacial score (nSPS) is 25.5. The first-order chi connectivity index (χ1) is 9.63. The van der Waals surface area contributed by atoms with Crippen molar-refractivity contribution in [2.24, 2.45) is 5.92 Å². The summed E-state index contributed by atoms with van der Waals surface area (Å²) in [5.74, 6) is 0.158. The fourth-order valence-corrected chi connectivity index (χ4v) is 3.99. The fraction of sp³-hybridized carbons (Fsp3) is 0.706. The van der Waals surface area contributed by atoms with Crippen molar-refractivity contribution >= 4 is 17.1 Å². The van der Waals surface area contributed by atoms with Gasteiger partial charge in [0, 0.05) is 17.5 Å². The fourth-order valence-electron chi connectivity index (χ4n) is 3.16. The number of hydrogen-bond acceptors (Lipinski definition) is 4. The minimum Gasteiger partial charge on any atom is -0.361 e. The Kier molecular flexibility index (Phi) is 4.62. The van der Waals surface area contributed by atoms with E-state index < -0.39 is 11.2 Å². The summed E-state index contributed by atoms with van der Waals surface area (Å²) in [5, 5.41) is 2.11. The summed E-state index contributed by atoms with van der Waals surface area (Å²) in [6, 6.07) is 4.68. The SMILES string of the molecule is CC(Cc1cccs1)N(C)CC1C(=O)C(C)(C)OC1(C)C. The molecule has 1 aliphatic heterocycles.